The van der Waals surface area contributed by atoms with Crippen molar-refractivity contribution in [3.8, 4) is 11.8 Å². The van der Waals surface area contributed by atoms with Crippen molar-refractivity contribution in [3.63, 3.8) is 0 Å². The molecule has 0 N–H and O–H groups in total. The minimum atomic E-state index is 0.374. The Hall–Kier alpha value is -1.59. The van der Waals surface area contributed by atoms with Crippen LogP contribution < -0.4 is 0 Å². The molecule has 1 aromatic carbocycles. The standard InChI is InChI=1S/C10H5ClO2/c11-10-5-1-3-8(7-13)9(10)4-2-6-12/h1,3,5-7H. The zero-order chi connectivity index (χ0) is 9.68. The first-order chi connectivity index (χ1) is 6.29. The molecule has 0 aromatic heterocycles. The summed E-state index contributed by atoms with van der Waals surface area (Å²) in [6.07, 6.45) is 1.11. The van der Waals surface area contributed by atoms with E-state index in [4.69, 9.17) is 11.6 Å². The molecular formula is C10H5ClO2. The summed E-state index contributed by atoms with van der Waals surface area (Å²) in [6, 6.07) is 4.86. The first-order valence-electron chi connectivity index (χ1n) is 3.48. The van der Waals surface area contributed by atoms with Gasteiger partial charge in [-0.15, -0.1) is 0 Å². The van der Waals surface area contributed by atoms with Gasteiger partial charge in [-0.1, -0.05) is 29.7 Å². The summed E-state index contributed by atoms with van der Waals surface area (Å²) in [7, 11) is 0. The van der Waals surface area contributed by atoms with Crippen LogP contribution in [0.15, 0.2) is 18.2 Å². The number of carbonyl (C=O) groups excluding carboxylic acids is 2. The van der Waals surface area contributed by atoms with E-state index < -0.39 is 0 Å². The molecule has 0 aliphatic rings. The average molecular weight is 193 g/mol. The average Bonchev–Trinajstić information content (AvgIpc) is 2.15. The van der Waals surface area contributed by atoms with Gasteiger partial charge in [0.25, 0.3) is 0 Å². The largest absolute Gasteiger partial charge is 0.298 e. The molecule has 0 radical (unpaired) electrons. The summed E-state index contributed by atoms with van der Waals surface area (Å²) < 4.78 is 0. The van der Waals surface area contributed by atoms with Crippen LogP contribution in [0.5, 0.6) is 0 Å². The highest BCUT2D eigenvalue weighted by Crippen LogP contribution is 2.17. The van der Waals surface area contributed by atoms with Crippen LogP contribution in [0, 0.1) is 11.8 Å². The van der Waals surface area contributed by atoms with E-state index in [9.17, 15) is 9.59 Å². The second-order valence-electron chi connectivity index (χ2n) is 2.21. The highest BCUT2D eigenvalue weighted by molar-refractivity contribution is 6.32. The Balaban J connectivity index is 3.30. The Morgan fingerprint density at radius 3 is 2.69 bits per heavy atom. The molecule has 0 amide bonds. The van der Waals surface area contributed by atoms with Crippen LogP contribution in [0.2, 0.25) is 5.02 Å². The van der Waals surface area contributed by atoms with Gasteiger partial charge in [-0.05, 0) is 12.0 Å². The number of carbonyl (C=O) groups is 2. The van der Waals surface area contributed by atoms with E-state index in [-0.39, 0.29) is 0 Å². The fourth-order valence-corrected chi connectivity index (χ4v) is 1.10. The van der Waals surface area contributed by atoms with Crippen molar-refractivity contribution in [1.82, 2.24) is 0 Å². The lowest BCUT2D eigenvalue weighted by Crippen LogP contribution is -1.87. The van der Waals surface area contributed by atoms with Gasteiger partial charge in [-0.2, -0.15) is 0 Å². The molecule has 0 saturated carbocycles. The smallest absolute Gasteiger partial charge is 0.193 e. The molecule has 0 bridgehead atoms. The van der Waals surface area contributed by atoms with Gasteiger partial charge in [0, 0.05) is 5.56 Å². The third-order valence-corrected chi connectivity index (χ3v) is 1.74. The highest BCUT2D eigenvalue weighted by atomic mass is 35.5. The Morgan fingerprint density at radius 1 is 1.31 bits per heavy atom. The van der Waals surface area contributed by atoms with Crippen molar-refractivity contribution in [2.45, 2.75) is 0 Å². The summed E-state index contributed by atoms with van der Waals surface area (Å²) in [5.74, 6) is 4.71. The van der Waals surface area contributed by atoms with E-state index in [0.29, 0.717) is 28.7 Å². The molecule has 1 aromatic rings. The fraction of sp³-hybridized carbons (Fsp3) is 0. The third-order valence-electron chi connectivity index (χ3n) is 1.43. The number of benzene rings is 1. The first kappa shape index (κ1) is 9.50. The van der Waals surface area contributed by atoms with E-state index in [0.717, 1.165) is 0 Å². The maximum absolute atomic E-state index is 10.5. The molecular weight excluding hydrogens is 188 g/mol. The second-order valence-corrected chi connectivity index (χ2v) is 2.62. The normalized spacial score (nSPS) is 8.38. The topological polar surface area (TPSA) is 34.1 Å². The molecule has 3 heteroatoms. The Morgan fingerprint density at radius 2 is 2.08 bits per heavy atom. The summed E-state index contributed by atoms with van der Waals surface area (Å²) in [6.45, 7) is 0. The van der Waals surface area contributed by atoms with E-state index in [2.05, 4.69) is 11.8 Å². The number of rotatable bonds is 1. The lowest BCUT2D eigenvalue weighted by atomic mass is 10.1. The Bertz CT molecular complexity index is 399. The summed E-state index contributed by atoms with van der Waals surface area (Å²) in [5.41, 5.74) is 0.785. The van der Waals surface area contributed by atoms with Crippen molar-refractivity contribution in [1.29, 1.82) is 0 Å². The number of hydrogen-bond donors (Lipinski definition) is 0. The van der Waals surface area contributed by atoms with Crippen LogP contribution in [0.25, 0.3) is 0 Å². The van der Waals surface area contributed by atoms with Crippen molar-refractivity contribution in [2.24, 2.45) is 0 Å². The van der Waals surface area contributed by atoms with Gasteiger partial charge in [0.05, 0.1) is 10.6 Å². The van der Waals surface area contributed by atoms with Crippen molar-refractivity contribution in [2.75, 3.05) is 0 Å². The molecule has 0 fully saturated rings. The van der Waals surface area contributed by atoms with Gasteiger partial charge >= 0.3 is 0 Å². The maximum Gasteiger partial charge on any atom is 0.193 e. The van der Waals surface area contributed by atoms with E-state index in [1.54, 1.807) is 18.2 Å². The molecule has 0 aliphatic heterocycles. The minimum Gasteiger partial charge on any atom is -0.298 e. The van der Waals surface area contributed by atoms with Crippen LogP contribution in [0.1, 0.15) is 15.9 Å². The van der Waals surface area contributed by atoms with Crippen molar-refractivity contribution < 1.29 is 9.59 Å². The molecule has 2 nitrogen and oxygen atoms in total. The lowest BCUT2D eigenvalue weighted by molar-refractivity contribution is -0.103. The Kier molecular flexibility index (Phi) is 3.24. The van der Waals surface area contributed by atoms with Crippen LogP contribution in [0.4, 0.5) is 0 Å². The molecule has 64 valence electrons. The van der Waals surface area contributed by atoms with Crippen LogP contribution in [0.3, 0.4) is 0 Å². The zero-order valence-corrected chi connectivity index (χ0v) is 7.34. The lowest BCUT2D eigenvalue weighted by Gasteiger charge is -1.97. The first-order valence-corrected chi connectivity index (χ1v) is 3.86. The third kappa shape index (κ3) is 2.17. The number of aldehydes is 2. The minimum absolute atomic E-state index is 0.374. The van der Waals surface area contributed by atoms with E-state index >= 15 is 0 Å². The van der Waals surface area contributed by atoms with Gasteiger partial charge < -0.3 is 0 Å². The molecule has 0 unspecified atom stereocenters. The SMILES string of the molecule is O=CC#Cc1c(Cl)cccc1C=O. The maximum atomic E-state index is 10.5. The second kappa shape index (κ2) is 4.44. The number of halogens is 1. The van der Waals surface area contributed by atoms with Gasteiger partial charge in [-0.3, -0.25) is 9.59 Å². The zero-order valence-electron chi connectivity index (χ0n) is 6.58. The predicted molar refractivity (Wildman–Crippen MR) is 49.8 cm³/mol. The molecule has 1 rings (SSSR count). The fourth-order valence-electron chi connectivity index (χ4n) is 0.873. The van der Waals surface area contributed by atoms with Gasteiger partial charge in [-0.25, -0.2) is 0 Å². The van der Waals surface area contributed by atoms with E-state index in [1.807, 2.05) is 0 Å². The summed E-state index contributed by atoms with van der Waals surface area (Å²) in [4.78, 5) is 20.5. The molecule has 0 heterocycles. The van der Waals surface area contributed by atoms with Crippen molar-refractivity contribution in [3.05, 3.63) is 34.3 Å². The van der Waals surface area contributed by atoms with Crippen LogP contribution in [-0.2, 0) is 4.79 Å². The molecule has 0 atom stereocenters. The van der Waals surface area contributed by atoms with Crippen LogP contribution in [-0.4, -0.2) is 12.6 Å². The van der Waals surface area contributed by atoms with Gasteiger partial charge in [0.15, 0.2) is 12.6 Å². The van der Waals surface area contributed by atoms with E-state index in [1.165, 1.54) is 0 Å². The molecule has 0 saturated heterocycles. The molecule has 13 heavy (non-hydrogen) atoms. The quantitative estimate of drug-likeness (QED) is 0.501. The molecule has 0 spiro atoms. The monoisotopic (exact) mass is 192 g/mol. The summed E-state index contributed by atoms with van der Waals surface area (Å²) >= 11 is 5.77. The predicted octanol–water partition coefficient (Wildman–Crippen LogP) is 1.70. The summed E-state index contributed by atoms with van der Waals surface area (Å²) in [5, 5.41) is 0.374. The Labute approximate surface area is 80.5 Å². The van der Waals surface area contributed by atoms with Crippen LogP contribution >= 0.6 is 11.6 Å². The van der Waals surface area contributed by atoms with Crippen molar-refractivity contribution >= 4 is 24.2 Å². The van der Waals surface area contributed by atoms with Gasteiger partial charge in [0.2, 0.25) is 0 Å². The highest BCUT2D eigenvalue weighted by Gasteiger charge is 2.02. The number of hydrogen-bond acceptors (Lipinski definition) is 2. The van der Waals surface area contributed by atoms with Gasteiger partial charge in [0.1, 0.15) is 0 Å². The molecule has 0 aliphatic carbocycles.